The lowest BCUT2D eigenvalue weighted by molar-refractivity contribution is 0.240. The molecule has 2 aromatic carbocycles. The van der Waals surface area contributed by atoms with Crippen molar-refractivity contribution in [2.24, 2.45) is 0 Å². The Bertz CT molecular complexity index is 1320. The minimum atomic E-state index is -0.314. The van der Waals surface area contributed by atoms with E-state index < -0.39 is 0 Å². The first-order valence-corrected chi connectivity index (χ1v) is 11.6. The molecule has 0 aliphatic rings. The summed E-state index contributed by atoms with van der Waals surface area (Å²) in [6, 6.07) is 20.3. The summed E-state index contributed by atoms with van der Waals surface area (Å²) in [5, 5.41) is 11.0. The molecule has 0 saturated heterocycles. The zero-order valence-corrected chi connectivity index (χ0v) is 19.8. The molecule has 2 heterocycles. The molecule has 0 aliphatic carbocycles. The van der Waals surface area contributed by atoms with Crippen molar-refractivity contribution in [2.75, 3.05) is 13.7 Å². The lowest BCUT2D eigenvalue weighted by Gasteiger charge is -2.10. The van der Waals surface area contributed by atoms with Gasteiger partial charge in [0.25, 0.3) is 5.56 Å². The van der Waals surface area contributed by atoms with Crippen LogP contribution in [0.5, 0.6) is 5.75 Å². The molecule has 4 rings (SSSR count). The molecule has 0 fully saturated rings. The second kappa shape index (κ2) is 10.8. The minimum Gasteiger partial charge on any atom is -0.497 e. The number of carbonyl (C=O) groups excluding carboxylic acids is 1. The Kier molecular flexibility index (Phi) is 7.34. The molecular weight excluding hydrogens is 450 g/mol. The van der Waals surface area contributed by atoms with Gasteiger partial charge in [-0.05, 0) is 30.7 Å². The van der Waals surface area contributed by atoms with Crippen LogP contribution in [0.25, 0.3) is 21.1 Å². The highest BCUT2D eigenvalue weighted by Crippen LogP contribution is 2.33. The number of hydrogen-bond acceptors (Lipinski definition) is 6. The van der Waals surface area contributed by atoms with Crippen LogP contribution in [0.1, 0.15) is 11.3 Å². The second-order valence-electron chi connectivity index (χ2n) is 7.54. The Balaban J connectivity index is 1.36. The molecule has 2 amide bonds. The van der Waals surface area contributed by atoms with Gasteiger partial charge in [0.15, 0.2) is 0 Å². The number of urea groups is 1. The Morgan fingerprint density at radius 3 is 2.53 bits per heavy atom. The van der Waals surface area contributed by atoms with Gasteiger partial charge in [0, 0.05) is 24.7 Å². The second-order valence-corrected chi connectivity index (χ2v) is 8.54. The quantitative estimate of drug-likeness (QED) is 0.403. The molecule has 0 atom stereocenters. The molecule has 8 nitrogen and oxygen atoms in total. The topological polar surface area (TPSA) is 98.1 Å². The SMILES string of the molecule is COc1ccc(CNC(=O)NCCn2nc(-c3sc(-c4ccccc4)nc3C)ccc2=O)cc1. The third-order valence-corrected chi connectivity index (χ3v) is 6.37. The molecular formula is C25H25N5O3S. The van der Waals surface area contributed by atoms with Gasteiger partial charge in [-0.2, -0.15) is 5.10 Å². The first-order valence-electron chi connectivity index (χ1n) is 10.8. The van der Waals surface area contributed by atoms with Crippen LogP contribution in [0.15, 0.2) is 71.5 Å². The maximum absolute atomic E-state index is 12.3. The van der Waals surface area contributed by atoms with Crippen LogP contribution in [0.4, 0.5) is 4.79 Å². The number of ether oxygens (including phenoxy) is 1. The summed E-state index contributed by atoms with van der Waals surface area (Å²) in [6.45, 7) is 2.84. The predicted molar refractivity (Wildman–Crippen MR) is 133 cm³/mol. The number of benzene rings is 2. The highest BCUT2D eigenvalue weighted by atomic mass is 32.1. The van der Waals surface area contributed by atoms with Gasteiger partial charge in [-0.3, -0.25) is 4.79 Å². The van der Waals surface area contributed by atoms with E-state index >= 15 is 0 Å². The summed E-state index contributed by atoms with van der Waals surface area (Å²) in [7, 11) is 1.61. The summed E-state index contributed by atoms with van der Waals surface area (Å²) < 4.78 is 6.49. The van der Waals surface area contributed by atoms with Gasteiger partial charge in [0.1, 0.15) is 16.5 Å². The van der Waals surface area contributed by atoms with Crippen molar-refractivity contribution in [3.8, 4) is 26.9 Å². The van der Waals surface area contributed by atoms with Crippen LogP contribution in [0.3, 0.4) is 0 Å². The number of hydrogen-bond donors (Lipinski definition) is 2. The van der Waals surface area contributed by atoms with Crippen molar-refractivity contribution in [1.82, 2.24) is 25.4 Å². The Hall–Kier alpha value is -3.98. The zero-order valence-electron chi connectivity index (χ0n) is 18.9. The normalized spacial score (nSPS) is 10.6. The number of methoxy groups -OCH3 is 1. The number of rotatable bonds is 8. The molecule has 4 aromatic rings. The number of thiazole rings is 1. The van der Waals surface area contributed by atoms with Crippen LogP contribution in [0, 0.1) is 6.92 Å². The number of nitrogens with zero attached hydrogens (tertiary/aromatic N) is 3. The molecule has 174 valence electrons. The van der Waals surface area contributed by atoms with Crippen LogP contribution in [-0.4, -0.2) is 34.5 Å². The number of aromatic nitrogens is 3. The summed E-state index contributed by atoms with van der Waals surface area (Å²) in [6.07, 6.45) is 0. The summed E-state index contributed by atoms with van der Waals surface area (Å²) in [5.41, 5.74) is 3.31. The Morgan fingerprint density at radius 2 is 1.79 bits per heavy atom. The van der Waals surface area contributed by atoms with Crippen molar-refractivity contribution in [3.63, 3.8) is 0 Å². The van der Waals surface area contributed by atoms with Crippen LogP contribution >= 0.6 is 11.3 Å². The molecule has 0 radical (unpaired) electrons. The van der Waals surface area contributed by atoms with E-state index in [2.05, 4.69) is 20.7 Å². The van der Waals surface area contributed by atoms with Crippen molar-refractivity contribution in [1.29, 1.82) is 0 Å². The van der Waals surface area contributed by atoms with Crippen molar-refractivity contribution in [2.45, 2.75) is 20.0 Å². The number of nitrogens with one attached hydrogen (secondary N) is 2. The van der Waals surface area contributed by atoms with Crippen LogP contribution < -0.4 is 20.9 Å². The molecule has 34 heavy (non-hydrogen) atoms. The monoisotopic (exact) mass is 475 g/mol. The van der Waals surface area contributed by atoms with Gasteiger partial charge < -0.3 is 15.4 Å². The number of aryl methyl sites for hydroxylation is 1. The molecule has 2 N–H and O–H groups in total. The molecule has 0 spiro atoms. The van der Waals surface area contributed by atoms with E-state index in [0.29, 0.717) is 12.2 Å². The molecule has 0 unspecified atom stereocenters. The molecule has 2 aromatic heterocycles. The maximum Gasteiger partial charge on any atom is 0.315 e. The average Bonchev–Trinajstić information content (AvgIpc) is 3.26. The first-order chi connectivity index (χ1) is 16.5. The largest absolute Gasteiger partial charge is 0.497 e. The van der Waals surface area contributed by atoms with Crippen molar-refractivity contribution < 1.29 is 9.53 Å². The predicted octanol–water partition coefficient (Wildman–Crippen LogP) is 3.85. The van der Waals surface area contributed by atoms with E-state index in [4.69, 9.17) is 4.74 Å². The highest BCUT2D eigenvalue weighted by molar-refractivity contribution is 7.18. The van der Waals surface area contributed by atoms with Crippen LogP contribution in [-0.2, 0) is 13.1 Å². The van der Waals surface area contributed by atoms with Gasteiger partial charge in [-0.25, -0.2) is 14.5 Å². The first kappa shape index (κ1) is 23.2. The Labute approximate surface area is 201 Å². The van der Waals surface area contributed by atoms with E-state index in [1.54, 1.807) is 13.2 Å². The third kappa shape index (κ3) is 5.68. The fraction of sp³-hybridized carbons (Fsp3) is 0.200. The average molecular weight is 476 g/mol. The summed E-state index contributed by atoms with van der Waals surface area (Å²) >= 11 is 1.54. The lowest BCUT2D eigenvalue weighted by Crippen LogP contribution is -2.38. The molecule has 0 saturated carbocycles. The van der Waals surface area contributed by atoms with E-state index in [1.165, 1.54) is 22.1 Å². The smallest absolute Gasteiger partial charge is 0.315 e. The van der Waals surface area contributed by atoms with Gasteiger partial charge in [-0.15, -0.1) is 11.3 Å². The molecule has 0 aliphatic heterocycles. The highest BCUT2D eigenvalue weighted by Gasteiger charge is 2.13. The summed E-state index contributed by atoms with van der Waals surface area (Å²) in [5.74, 6) is 0.762. The van der Waals surface area contributed by atoms with Crippen molar-refractivity contribution >= 4 is 17.4 Å². The summed E-state index contributed by atoms with van der Waals surface area (Å²) in [4.78, 5) is 30.0. The van der Waals surface area contributed by atoms with E-state index in [0.717, 1.165) is 32.5 Å². The number of carbonyl (C=O) groups is 1. The van der Waals surface area contributed by atoms with Crippen LogP contribution in [0.2, 0.25) is 0 Å². The minimum absolute atomic E-state index is 0.227. The van der Waals surface area contributed by atoms with Crippen molar-refractivity contribution in [3.05, 3.63) is 88.3 Å². The van der Waals surface area contributed by atoms with E-state index in [-0.39, 0.29) is 24.7 Å². The fourth-order valence-electron chi connectivity index (χ4n) is 3.33. The lowest BCUT2D eigenvalue weighted by atomic mass is 10.2. The zero-order chi connectivity index (χ0) is 23.9. The fourth-order valence-corrected chi connectivity index (χ4v) is 4.37. The molecule has 0 bridgehead atoms. The Morgan fingerprint density at radius 1 is 1.03 bits per heavy atom. The molecule has 9 heteroatoms. The third-order valence-electron chi connectivity index (χ3n) is 5.14. The number of amides is 2. The van der Waals surface area contributed by atoms with E-state index in [1.807, 2.05) is 61.5 Å². The van der Waals surface area contributed by atoms with Gasteiger partial charge in [-0.1, -0.05) is 42.5 Å². The van der Waals surface area contributed by atoms with Gasteiger partial charge >= 0.3 is 6.03 Å². The van der Waals surface area contributed by atoms with Gasteiger partial charge in [0.05, 0.1) is 24.2 Å². The maximum atomic E-state index is 12.3. The standard InChI is InChI=1S/C25H25N5O3S/c1-17-23(34-24(28-17)19-6-4-3-5-7-19)21-12-13-22(31)30(29-21)15-14-26-25(32)27-16-18-8-10-20(33-2)11-9-18/h3-13H,14-16H2,1-2H3,(H2,26,27,32). The van der Waals surface area contributed by atoms with Gasteiger partial charge in [0.2, 0.25) is 0 Å². The van der Waals surface area contributed by atoms with E-state index in [9.17, 15) is 9.59 Å².